The zero-order valence-corrected chi connectivity index (χ0v) is 37.0. The predicted molar refractivity (Wildman–Crippen MR) is 242 cm³/mol. The van der Waals surface area contributed by atoms with E-state index >= 15 is 0 Å². The molecule has 5 aromatic rings. The van der Waals surface area contributed by atoms with Crippen LogP contribution in [0.4, 0.5) is 4.79 Å². The van der Waals surface area contributed by atoms with E-state index in [0.717, 1.165) is 27.8 Å². The van der Waals surface area contributed by atoms with Crippen LogP contribution in [0, 0.1) is 0 Å². The van der Waals surface area contributed by atoms with Gasteiger partial charge >= 0.3 is 6.09 Å². The first-order chi connectivity index (χ1) is 31.9. The predicted octanol–water partition coefficient (Wildman–Crippen LogP) is 9.17. The van der Waals surface area contributed by atoms with Crippen LogP contribution in [0.25, 0.3) is 10.4 Å². The molecule has 0 aliphatic carbocycles. The summed E-state index contributed by atoms with van der Waals surface area (Å²) in [4.78, 5) is 18.4. The molecule has 2 heterocycles. The first-order valence-electron chi connectivity index (χ1n) is 22.0. The van der Waals surface area contributed by atoms with E-state index in [0.29, 0.717) is 6.54 Å². The van der Waals surface area contributed by atoms with Crippen LogP contribution in [0.2, 0.25) is 0 Å². The van der Waals surface area contributed by atoms with Crippen LogP contribution in [-0.4, -0.2) is 92.6 Å². The fourth-order valence-electron chi connectivity index (χ4n) is 8.00. The average molecular weight is 887 g/mol. The Kier molecular flexibility index (Phi) is 17.9. The first kappa shape index (κ1) is 47.3. The summed E-state index contributed by atoms with van der Waals surface area (Å²) < 4.78 is 58.8. The van der Waals surface area contributed by atoms with E-state index < -0.39 is 67.4 Å². The molecule has 0 aromatic heterocycles. The van der Waals surface area contributed by atoms with E-state index in [1.807, 2.05) is 166 Å². The van der Waals surface area contributed by atoms with Gasteiger partial charge in [-0.15, -0.1) is 0 Å². The summed E-state index contributed by atoms with van der Waals surface area (Å²) in [5.74, 6) is 0. The lowest BCUT2D eigenvalue weighted by atomic mass is 9.95. The lowest BCUT2D eigenvalue weighted by Crippen LogP contribution is -2.64. The van der Waals surface area contributed by atoms with Crippen molar-refractivity contribution >= 4 is 6.09 Å². The van der Waals surface area contributed by atoms with Crippen LogP contribution in [0.1, 0.15) is 41.7 Å². The van der Waals surface area contributed by atoms with Gasteiger partial charge in [0.25, 0.3) is 0 Å². The third kappa shape index (κ3) is 13.5. The van der Waals surface area contributed by atoms with Crippen molar-refractivity contribution in [2.24, 2.45) is 5.11 Å². The van der Waals surface area contributed by atoms with Crippen molar-refractivity contribution in [2.75, 3.05) is 20.3 Å². The van der Waals surface area contributed by atoms with Crippen LogP contribution < -0.4 is 0 Å². The number of carbonyl (C=O) groups is 1. The Bertz CT molecular complexity index is 2190. The summed E-state index contributed by atoms with van der Waals surface area (Å²) in [6.45, 7) is 5.08. The minimum absolute atomic E-state index is 0.0685. The molecule has 2 fully saturated rings. The Morgan fingerprint density at radius 3 is 1.54 bits per heavy atom. The molecule has 65 heavy (non-hydrogen) atoms. The molecule has 0 spiro atoms. The van der Waals surface area contributed by atoms with Gasteiger partial charge in [-0.1, -0.05) is 157 Å². The molecular formula is C51H58N4O10. The van der Waals surface area contributed by atoms with Crippen molar-refractivity contribution in [1.29, 1.82) is 0 Å². The van der Waals surface area contributed by atoms with Crippen molar-refractivity contribution < 1.29 is 47.4 Å². The quantitative estimate of drug-likeness (QED) is 0.0396. The zero-order chi connectivity index (χ0) is 45.2. The van der Waals surface area contributed by atoms with Gasteiger partial charge in [-0.25, -0.2) is 4.79 Å². The number of rotatable bonds is 21. The summed E-state index contributed by atoms with van der Waals surface area (Å²) in [6, 6.07) is 47.9. The molecule has 2 saturated heterocycles. The number of methoxy groups -OCH3 is 1. The van der Waals surface area contributed by atoms with Gasteiger partial charge in [0.15, 0.2) is 12.6 Å². The van der Waals surface area contributed by atoms with Crippen molar-refractivity contribution in [3.05, 3.63) is 190 Å². The van der Waals surface area contributed by atoms with Crippen molar-refractivity contribution in [3.8, 4) is 0 Å². The third-order valence-electron chi connectivity index (χ3n) is 11.4. The van der Waals surface area contributed by atoms with Crippen LogP contribution in [0.15, 0.2) is 157 Å². The molecule has 14 nitrogen and oxygen atoms in total. The third-order valence-corrected chi connectivity index (χ3v) is 11.4. The van der Waals surface area contributed by atoms with E-state index in [1.165, 1.54) is 0 Å². The summed E-state index contributed by atoms with van der Waals surface area (Å²) in [5, 5.41) is 4.10. The van der Waals surface area contributed by atoms with Crippen LogP contribution >= 0.6 is 0 Å². The second-order valence-electron chi connectivity index (χ2n) is 16.0. The molecule has 342 valence electrons. The van der Waals surface area contributed by atoms with Gasteiger partial charge in [0, 0.05) is 25.1 Å². The number of hydrogen-bond donors (Lipinski definition) is 0. The molecule has 2 aliphatic rings. The molecule has 14 heteroatoms. The Balaban J connectivity index is 1.16. The molecule has 2 aliphatic heterocycles. The number of azide groups is 1. The monoisotopic (exact) mass is 886 g/mol. The molecule has 0 bridgehead atoms. The van der Waals surface area contributed by atoms with Gasteiger partial charge in [-0.2, -0.15) is 0 Å². The molecule has 0 radical (unpaired) electrons. The number of hydrogen-bond acceptors (Lipinski definition) is 11. The maximum atomic E-state index is 13.7. The van der Waals surface area contributed by atoms with Gasteiger partial charge in [0.2, 0.25) is 0 Å². The number of carbonyl (C=O) groups excluding carboxylic acids is 1. The van der Waals surface area contributed by atoms with Crippen molar-refractivity contribution in [3.63, 3.8) is 0 Å². The van der Waals surface area contributed by atoms with Gasteiger partial charge in [-0.3, -0.25) is 0 Å². The highest BCUT2D eigenvalue weighted by atomic mass is 16.8. The summed E-state index contributed by atoms with van der Waals surface area (Å²) in [7, 11) is 1.55. The number of ether oxygens (including phenoxy) is 9. The number of nitrogens with zero attached hydrogens (tertiary/aromatic N) is 4. The van der Waals surface area contributed by atoms with E-state index in [1.54, 1.807) is 12.0 Å². The Morgan fingerprint density at radius 1 is 0.569 bits per heavy atom. The van der Waals surface area contributed by atoms with E-state index in [4.69, 9.17) is 42.6 Å². The Morgan fingerprint density at radius 2 is 1.03 bits per heavy atom. The summed E-state index contributed by atoms with van der Waals surface area (Å²) in [5.41, 5.74) is 14.3. The topological polar surface area (TPSA) is 152 Å². The SMILES string of the molecule is CO[C@H]1[C@H](O[C@@H]2[C@@H](OCc3ccccc3)[C@H](C)O[C@@H](OCCN(Cc3ccccc3)C(=O)OCc3ccccc3)[C@@H]2OCc2ccccc2)O[C@H](C)[C@@H](N=[N+]=[N-])[C@@H]1OCc1ccccc1. The van der Waals surface area contributed by atoms with Gasteiger partial charge < -0.3 is 47.5 Å². The van der Waals surface area contributed by atoms with E-state index in [2.05, 4.69) is 10.0 Å². The van der Waals surface area contributed by atoms with Gasteiger partial charge in [0.05, 0.1) is 44.7 Å². The zero-order valence-electron chi connectivity index (χ0n) is 37.0. The molecule has 1 amide bonds. The molecule has 10 atom stereocenters. The molecule has 0 N–H and O–H groups in total. The largest absolute Gasteiger partial charge is 0.445 e. The molecule has 0 saturated carbocycles. The van der Waals surface area contributed by atoms with E-state index in [9.17, 15) is 10.3 Å². The number of amides is 1. The van der Waals surface area contributed by atoms with Gasteiger partial charge in [0.1, 0.15) is 37.1 Å². The fourth-order valence-corrected chi connectivity index (χ4v) is 8.00. The normalized spacial score (nSPS) is 25.3. The first-order valence-corrected chi connectivity index (χ1v) is 22.0. The maximum absolute atomic E-state index is 13.7. The highest BCUT2D eigenvalue weighted by Crippen LogP contribution is 2.36. The molecule has 7 rings (SSSR count). The maximum Gasteiger partial charge on any atom is 0.410 e. The average Bonchev–Trinajstić information content (AvgIpc) is 3.34. The fraction of sp³-hybridized carbons (Fsp3) is 0.392. The minimum Gasteiger partial charge on any atom is -0.445 e. The minimum atomic E-state index is -1.04. The molecular weight excluding hydrogens is 829 g/mol. The van der Waals surface area contributed by atoms with Crippen LogP contribution in [0.3, 0.4) is 0 Å². The second-order valence-corrected chi connectivity index (χ2v) is 16.0. The van der Waals surface area contributed by atoms with Crippen LogP contribution in [0.5, 0.6) is 0 Å². The molecule has 0 unspecified atom stereocenters. The Labute approximate surface area is 380 Å². The van der Waals surface area contributed by atoms with Gasteiger partial charge in [-0.05, 0) is 47.2 Å². The highest BCUT2D eigenvalue weighted by molar-refractivity contribution is 5.67. The Hall–Kier alpha value is -5.64. The number of benzene rings is 5. The summed E-state index contributed by atoms with van der Waals surface area (Å²) in [6.07, 6.45) is -7.78. The van der Waals surface area contributed by atoms with Crippen molar-refractivity contribution in [1.82, 2.24) is 4.90 Å². The lowest BCUT2D eigenvalue weighted by molar-refractivity contribution is -0.361. The second kappa shape index (κ2) is 24.6. The standard InChI is InChI=1S/C51H58N4O10/c1-36-43(53-54-52)45(60-33-40-23-13-6-14-24-40)47(57-3)50(63-36)65-46-44(59-32-39-21-11-5-12-22-39)37(2)64-49(48(46)61-34-41-25-15-7-16-26-41)58-30-29-55(31-38-19-9-4-10-20-38)51(56)62-35-42-27-17-8-18-28-42/h4-28,36-37,43-50H,29-35H2,1-3H3/t36-,37+,43-,44+,45+,46-,47-,48-,49-,50+/m1/s1. The lowest BCUT2D eigenvalue weighted by Gasteiger charge is -2.49. The van der Waals surface area contributed by atoms with Crippen molar-refractivity contribution in [2.45, 2.75) is 108 Å². The van der Waals surface area contributed by atoms with Crippen LogP contribution in [-0.2, 0) is 75.6 Å². The molecule has 5 aromatic carbocycles. The smallest absolute Gasteiger partial charge is 0.410 e. The van der Waals surface area contributed by atoms with E-state index in [-0.39, 0.29) is 39.6 Å². The highest BCUT2D eigenvalue weighted by Gasteiger charge is 2.52. The summed E-state index contributed by atoms with van der Waals surface area (Å²) >= 11 is 0.